The van der Waals surface area contributed by atoms with Crippen LogP contribution in [0.15, 0.2) is 0 Å². The SMILES string of the molecule is CCOC(=O)N1C(OC)CCC(I)C1OC. The molecular formula is C10H18INO4. The molecule has 0 spiro atoms. The Labute approximate surface area is 110 Å². The molecule has 3 atom stereocenters. The number of methoxy groups -OCH3 is 2. The molecule has 5 nitrogen and oxygen atoms in total. The molecule has 6 heteroatoms. The second-order valence-electron chi connectivity index (χ2n) is 3.52. The van der Waals surface area contributed by atoms with Crippen LogP contribution in [0.25, 0.3) is 0 Å². The van der Waals surface area contributed by atoms with Gasteiger partial charge >= 0.3 is 6.09 Å². The molecule has 1 heterocycles. The quantitative estimate of drug-likeness (QED) is 0.581. The Balaban J connectivity index is 2.80. The number of rotatable bonds is 3. The number of nitrogens with zero attached hydrogens (tertiary/aromatic N) is 1. The van der Waals surface area contributed by atoms with E-state index in [1.54, 1.807) is 26.0 Å². The second-order valence-corrected chi connectivity index (χ2v) is 5.12. The van der Waals surface area contributed by atoms with Crippen LogP contribution in [0.4, 0.5) is 4.79 Å². The number of hydrogen-bond acceptors (Lipinski definition) is 4. The molecular weight excluding hydrogens is 325 g/mol. The van der Waals surface area contributed by atoms with Crippen LogP contribution in [0.5, 0.6) is 0 Å². The van der Waals surface area contributed by atoms with Gasteiger partial charge < -0.3 is 14.2 Å². The minimum Gasteiger partial charge on any atom is -0.450 e. The summed E-state index contributed by atoms with van der Waals surface area (Å²) in [5.41, 5.74) is 0. The highest BCUT2D eigenvalue weighted by Crippen LogP contribution is 2.29. The first kappa shape index (κ1) is 14.0. The fourth-order valence-electron chi connectivity index (χ4n) is 1.83. The van der Waals surface area contributed by atoms with E-state index >= 15 is 0 Å². The van der Waals surface area contributed by atoms with Gasteiger partial charge in [-0.2, -0.15) is 0 Å². The van der Waals surface area contributed by atoms with Crippen LogP contribution in [-0.4, -0.2) is 48.2 Å². The Bertz CT molecular complexity index is 239. The largest absolute Gasteiger partial charge is 0.450 e. The van der Waals surface area contributed by atoms with Crippen molar-refractivity contribution < 1.29 is 19.0 Å². The number of hydrogen-bond donors (Lipinski definition) is 0. The van der Waals surface area contributed by atoms with Gasteiger partial charge in [0.2, 0.25) is 0 Å². The van der Waals surface area contributed by atoms with Gasteiger partial charge in [0.05, 0.1) is 10.5 Å². The summed E-state index contributed by atoms with van der Waals surface area (Å²) in [4.78, 5) is 13.4. The van der Waals surface area contributed by atoms with Crippen molar-refractivity contribution in [3.8, 4) is 0 Å². The van der Waals surface area contributed by atoms with Crippen molar-refractivity contribution in [2.45, 2.75) is 36.1 Å². The van der Waals surface area contributed by atoms with Crippen LogP contribution in [-0.2, 0) is 14.2 Å². The Kier molecular flexibility index (Phi) is 5.77. The van der Waals surface area contributed by atoms with Crippen LogP contribution in [0.3, 0.4) is 0 Å². The number of carbonyl (C=O) groups excluding carboxylic acids is 1. The van der Waals surface area contributed by atoms with Gasteiger partial charge in [0.25, 0.3) is 0 Å². The maximum absolute atomic E-state index is 11.8. The molecule has 0 aliphatic carbocycles. The maximum Gasteiger partial charge on any atom is 0.413 e. The minimum atomic E-state index is -0.373. The third-order valence-electron chi connectivity index (χ3n) is 2.58. The molecule has 0 aromatic heterocycles. The standard InChI is InChI=1S/C10H18INO4/c1-4-16-10(13)12-8(14-2)6-5-7(11)9(12)15-3/h7-9H,4-6H2,1-3H3. The van der Waals surface area contributed by atoms with E-state index in [1.807, 2.05) is 0 Å². The van der Waals surface area contributed by atoms with E-state index in [0.717, 1.165) is 12.8 Å². The fourth-order valence-corrected chi connectivity index (χ4v) is 2.83. The number of amides is 1. The summed E-state index contributed by atoms with van der Waals surface area (Å²) in [6.45, 7) is 2.14. The lowest BCUT2D eigenvalue weighted by atomic mass is 10.1. The summed E-state index contributed by atoms with van der Waals surface area (Å²) >= 11 is 2.29. The molecule has 3 unspecified atom stereocenters. The molecule has 1 fully saturated rings. The zero-order valence-electron chi connectivity index (χ0n) is 9.81. The van der Waals surface area contributed by atoms with Crippen molar-refractivity contribution in [1.29, 1.82) is 0 Å². The summed E-state index contributed by atoms with van der Waals surface area (Å²) in [6, 6.07) is 0. The number of ether oxygens (including phenoxy) is 3. The van der Waals surface area contributed by atoms with Crippen LogP contribution < -0.4 is 0 Å². The van der Waals surface area contributed by atoms with Crippen molar-refractivity contribution in [1.82, 2.24) is 4.90 Å². The number of carbonyl (C=O) groups is 1. The lowest BCUT2D eigenvalue weighted by molar-refractivity contribution is -0.136. The molecule has 1 rings (SSSR count). The van der Waals surface area contributed by atoms with Crippen LogP contribution >= 0.6 is 22.6 Å². The molecule has 94 valence electrons. The van der Waals surface area contributed by atoms with Gasteiger partial charge in [-0.05, 0) is 19.8 Å². The number of alkyl halides is 1. The van der Waals surface area contributed by atoms with Gasteiger partial charge in [0.15, 0.2) is 0 Å². The zero-order valence-corrected chi connectivity index (χ0v) is 12.0. The Morgan fingerprint density at radius 2 is 2.06 bits per heavy atom. The fraction of sp³-hybridized carbons (Fsp3) is 0.900. The van der Waals surface area contributed by atoms with Gasteiger partial charge in [-0.1, -0.05) is 22.6 Å². The van der Waals surface area contributed by atoms with Crippen LogP contribution in [0.1, 0.15) is 19.8 Å². The first-order valence-electron chi connectivity index (χ1n) is 5.30. The molecule has 0 saturated carbocycles. The van der Waals surface area contributed by atoms with Gasteiger partial charge in [-0.15, -0.1) is 0 Å². The maximum atomic E-state index is 11.8. The molecule has 1 saturated heterocycles. The molecule has 0 aromatic carbocycles. The lowest BCUT2D eigenvalue weighted by Crippen LogP contribution is -2.56. The summed E-state index contributed by atoms with van der Waals surface area (Å²) in [6.07, 6.45) is 0.868. The molecule has 0 radical (unpaired) electrons. The van der Waals surface area contributed by atoms with Gasteiger partial charge in [-0.3, -0.25) is 4.90 Å². The lowest BCUT2D eigenvalue weighted by Gasteiger charge is -2.41. The van der Waals surface area contributed by atoms with E-state index in [0.29, 0.717) is 6.61 Å². The van der Waals surface area contributed by atoms with Crippen molar-refractivity contribution in [2.75, 3.05) is 20.8 Å². The van der Waals surface area contributed by atoms with E-state index in [9.17, 15) is 4.79 Å². The monoisotopic (exact) mass is 343 g/mol. The third kappa shape index (κ3) is 2.98. The van der Waals surface area contributed by atoms with Crippen LogP contribution in [0.2, 0.25) is 0 Å². The highest BCUT2D eigenvalue weighted by atomic mass is 127. The van der Waals surface area contributed by atoms with Crippen molar-refractivity contribution in [3.63, 3.8) is 0 Å². The van der Waals surface area contributed by atoms with Crippen molar-refractivity contribution in [3.05, 3.63) is 0 Å². The second kappa shape index (κ2) is 6.61. The average molecular weight is 343 g/mol. The smallest absolute Gasteiger partial charge is 0.413 e. The number of likely N-dealkylation sites (tertiary alicyclic amines) is 1. The zero-order chi connectivity index (χ0) is 12.1. The third-order valence-corrected chi connectivity index (χ3v) is 3.81. The molecule has 1 aliphatic rings. The molecule has 1 amide bonds. The Morgan fingerprint density at radius 1 is 1.38 bits per heavy atom. The topological polar surface area (TPSA) is 48.0 Å². The molecule has 0 bridgehead atoms. The number of piperidine rings is 1. The van der Waals surface area contributed by atoms with Gasteiger partial charge in [0, 0.05) is 14.2 Å². The first-order chi connectivity index (χ1) is 7.65. The van der Waals surface area contributed by atoms with E-state index < -0.39 is 0 Å². The molecule has 0 aromatic rings. The molecule has 1 aliphatic heterocycles. The molecule has 16 heavy (non-hydrogen) atoms. The predicted octanol–water partition coefficient (Wildman–Crippen LogP) is 1.99. The highest BCUT2D eigenvalue weighted by molar-refractivity contribution is 14.1. The van der Waals surface area contributed by atoms with Gasteiger partial charge in [0.1, 0.15) is 12.5 Å². The predicted molar refractivity (Wildman–Crippen MR) is 67.5 cm³/mol. The highest BCUT2D eigenvalue weighted by Gasteiger charge is 2.40. The van der Waals surface area contributed by atoms with Gasteiger partial charge in [-0.25, -0.2) is 4.79 Å². The van der Waals surface area contributed by atoms with Crippen molar-refractivity contribution >= 4 is 28.7 Å². The summed E-state index contributed by atoms with van der Waals surface area (Å²) in [5.74, 6) is 0. The van der Waals surface area contributed by atoms with E-state index in [2.05, 4.69) is 22.6 Å². The molecule has 0 N–H and O–H groups in total. The summed E-state index contributed by atoms with van der Waals surface area (Å²) in [7, 11) is 3.19. The summed E-state index contributed by atoms with van der Waals surface area (Å²) < 4.78 is 15.9. The van der Waals surface area contributed by atoms with Crippen molar-refractivity contribution in [2.24, 2.45) is 0 Å². The Hall–Kier alpha value is -0.0800. The normalized spacial score (nSPS) is 30.2. The van der Waals surface area contributed by atoms with E-state index in [1.165, 1.54) is 0 Å². The van der Waals surface area contributed by atoms with E-state index in [4.69, 9.17) is 14.2 Å². The number of halogens is 1. The average Bonchev–Trinajstić information content (AvgIpc) is 2.28. The Morgan fingerprint density at radius 3 is 2.56 bits per heavy atom. The van der Waals surface area contributed by atoms with E-state index in [-0.39, 0.29) is 22.5 Å². The first-order valence-corrected chi connectivity index (χ1v) is 6.55. The van der Waals surface area contributed by atoms with Crippen LogP contribution in [0, 0.1) is 0 Å². The minimum absolute atomic E-state index is 0.255. The summed E-state index contributed by atoms with van der Waals surface area (Å²) in [5, 5.41) is 0.